The number of halogens is 1. The summed E-state index contributed by atoms with van der Waals surface area (Å²) in [4.78, 5) is 11.7. The van der Waals surface area contributed by atoms with Gasteiger partial charge in [-0.2, -0.15) is 0 Å². The summed E-state index contributed by atoms with van der Waals surface area (Å²) in [5, 5.41) is 12.0. The number of hydrogen-bond donors (Lipinski definition) is 2. The molecule has 2 rings (SSSR count). The summed E-state index contributed by atoms with van der Waals surface area (Å²) in [6.07, 6.45) is 0.512. The van der Waals surface area contributed by atoms with Crippen LogP contribution >= 0.6 is 0 Å². The number of nitrogens with one attached hydrogen (secondary N) is 1. The topological polar surface area (TPSA) is 83.5 Å². The number of amides is 1. The quantitative estimate of drug-likeness (QED) is 0.857. The summed E-state index contributed by atoms with van der Waals surface area (Å²) < 4.78 is 35.5. The van der Waals surface area contributed by atoms with Crippen LogP contribution in [0.4, 0.5) is 4.39 Å². The lowest BCUT2D eigenvalue weighted by Crippen LogP contribution is -2.29. The highest BCUT2D eigenvalue weighted by Crippen LogP contribution is 2.19. The molecule has 1 atom stereocenters. The first-order valence-corrected chi connectivity index (χ1v) is 7.67. The summed E-state index contributed by atoms with van der Waals surface area (Å²) >= 11 is 0. The maximum absolute atomic E-state index is 13.0. The molecular weight excluding hydrogens is 273 g/mol. The van der Waals surface area contributed by atoms with Crippen LogP contribution in [0.15, 0.2) is 18.2 Å². The summed E-state index contributed by atoms with van der Waals surface area (Å²) in [5.74, 6) is -1.46. The van der Waals surface area contributed by atoms with E-state index in [1.807, 2.05) is 0 Å². The zero-order valence-corrected chi connectivity index (χ0v) is 10.9. The zero-order valence-electron chi connectivity index (χ0n) is 10.1. The van der Waals surface area contributed by atoms with Crippen molar-refractivity contribution in [2.75, 3.05) is 18.1 Å². The number of phenols is 1. The Balaban J connectivity index is 1.97. The molecule has 0 aliphatic carbocycles. The molecule has 1 aromatic carbocycles. The normalized spacial score (nSPS) is 21.2. The molecule has 1 heterocycles. The third-order valence-corrected chi connectivity index (χ3v) is 4.92. The van der Waals surface area contributed by atoms with Crippen molar-refractivity contribution in [1.82, 2.24) is 5.32 Å². The van der Waals surface area contributed by atoms with Crippen molar-refractivity contribution in [1.29, 1.82) is 0 Å². The second-order valence-electron chi connectivity index (χ2n) is 4.64. The Kier molecular flexibility index (Phi) is 3.75. The molecule has 104 valence electrons. The van der Waals surface area contributed by atoms with Crippen LogP contribution in [0.3, 0.4) is 0 Å². The third-order valence-electron chi connectivity index (χ3n) is 3.08. The van der Waals surface area contributed by atoms with Crippen LogP contribution in [0.2, 0.25) is 0 Å². The second-order valence-corrected chi connectivity index (χ2v) is 6.87. The van der Waals surface area contributed by atoms with Crippen LogP contribution in [0.1, 0.15) is 16.8 Å². The first kappa shape index (κ1) is 13.8. The molecule has 1 saturated heterocycles. The van der Waals surface area contributed by atoms with Crippen LogP contribution in [0.5, 0.6) is 5.75 Å². The van der Waals surface area contributed by atoms with Crippen LogP contribution in [-0.4, -0.2) is 37.5 Å². The van der Waals surface area contributed by atoms with Gasteiger partial charge in [-0.25, -0.2) is 12.8 Å². The van der Waals surface area contributed by atoms with Gasteiger partial charge >= 0.3 is 0 Å². The minimum absolute atomic E-state index is 0.0579. The summed E-state index contributed by atoms with van der Waals surface area (Å²) in [6.45, 7) is 0.202. The average molecular weight is 287 g/mol. The van der Waals surface area contributed by atoms with E-state index in [0.29, 0.717) is 6.42 Å². The van der Waals surface area contributed by atoms with Gasteiger partial charge in [-0.1, -0.05) is 0 Å². The van der Waals surface area contributed by atoms with Gasteiger partial charge in [0.25, 0.3) is 5.91 Å². The van der Waals surface area contributed by atoms with Crippen molar-refractivity contribution in [3.8, 4) is 5.75 Å². The van der Waals surface area contributed by atoms with Gasteiger partial charge in [0.1, 0.15) is 11.6 Å². The predicted octanol–water partition coefficient (Wildman–Crippen LogP) is 0.696. The zero-order chi connectivity index (χ0) is 14.0. The molecule has 0 bridgehead atoms. The van der Waals surface area contributed by atoms with E-state index in [9.17, 15) is 22.7 Å². The largest absolute Gasteiger partial charge is 0.507 e. The molecule has 5 nitrogen and oxygen atoms in total. The highest BCUT2D eigenvalue weighted by Gasteiger charge is 2.28. The lowest BCUT2D eigenvalue weighted by Gasteiger charge is -2.10. The van der Waals surface area contributed by atoms with Gasteiger partial charge in [0, 0.05) is 6.54 Å². The van der Waals surface area contributed by atoms with Crippen molar-refractivity contribution < 1.29 is 22.7 Å². The van der Waals surface area contributed by atoms with Gasteiger partial charge in [0.15, 0.2) is 9.84 Å². The fourth-order valence-corrected chi connectivity index (χ4v) is 3.92. The SMILES string of the molecule is O=C(NCC1CCS(=O)(=O)C1)c1cc(F)ccc1O. The number of carbonyl (C=O) groups is 1. The van der Waals surface area contributed by atoms with Crippen LogP contribution in [0.25, 0.3) is 0 Å². The third kappa shape index (κ3) is 3.44. The van der Waals surface area contributed by atoms with Gasteiger partial charge < -0.3 is 10.4 Å². The summed E-state index contributed by atoms with van der Waals surface area (Å²) in [7, 11) is -2.98. The maximum Gasteiger partial charge on any atom is 0.255 e. The minimum Gasteiger partial charge on any atom is -0.507 e. The molecule has 1 aliphatic heterocycles. The van der Waals surface area contributed by atoms with Gasteiger partial charge in [-0.15, -0.1) is 0 Å². The lowest BCUT2D eigenvalue weighted by atomic mass is 10.1. The molecule has 0 radical (unpaired) electrons. The number of carbonyl (C=O) groups excluding carboxylic acids is 1. The maximum atomic E-state index is 13.0. The minimum atomic E-state index is -2.98. The standard InChI is InChI=1S/C12H14FNO4S/c13-9-1-2-11(15)10(5-9)12(16)14-6-8-3-4-19(17,18)7-8/h1-2,5,8,15H,3-4,6-7H2,(H,14,16). The summed E-state index contributed by atoms with van der Waals surface area (Å²) in [5.41, 5.74) is -0.152. The molecular formula is C12H14FNO4S. The van der Waals surface area contributed by atoms with Gasteiger partial charge in [-0.05, 0) is 30.5 Å². The number of phenolic OH excluding ortho intramolecular Hbond substituents is 1. The molecule has 1 fully saturated rings. The van der Waals surface area contributed by atoms with E-state index in [4.69, 9.17) is 0 Å². The molecule has 7 heteroatoms. The van der Waals surface area contributed by atoms with E-state index in [0.717, 1.165) is 18.2 Å². The second kappa shape index (κ2) is 5.16. The Hall–Kier alpha value is -1.63. The lowest BCUT2D eigenvalue weighted by molar-refractivity contribution is 0.0945. The van der Waals surface area contributed by atoms with E-state index in [2.05, 4.69) is 5.32 Å². The van der Waals surface area contributed by atoms with E-state index in [1.54, 1.807) is 0 Å². The monoisotopic (exact) mass is 287 g/mol. The van der Waals surface area contributed by atoms with Crippen LogP contribution < -0.4 is 5.32 Å². The van der Waals surface area contributed by atoms with Crippen molar-refractivity contribution in [2.45, 2.75) is 6.42 Å². The van der Waals surface area contributed by atoms with Crippen molar-refractivity contribution in [3.05, 3.63) is 29.6 Å². The molecule has 1 aliphatic rings. The molecule has 19 heavy (non-hydrogen) atoms. The van der Waals surface area contributed by atoms with Crippen molar-refractivity contribution in [2.24, 2.45) is 5.92 Å². The first-order valence-electron chi connectivity index (χ1n) is 5.84. The van der Waals surface area contributed by atoms with E-state index in [-0.39, 0.29) is 35.3 Å². The smallest absolute Gasteiger partial charge is 0.255 e. The first-order chi connectivity index (χ1) is 8.87. The Labute approximate surface area is 110 Å². The van der Waals surface area contributed by atoms with Gasteiger partial charge in [0.05, 0.1) is 17.1 Å². The highest BCUT2D eigenvalue weighted by atomic mass is 32.2. The highest BCUT2D eigenvalue weighted by molar-refractivity contribution is 7.91. The van der Waals surface area contributed by atoms with E-state index >= 15 is 0 Å². The predicted molar refractivity (Wildman–Crippen MR) is 67.2 cm³/mol. The Morgan fingerprint density at radius 1 is 1.47 bits per heavy atom. The van der Waals surface area contributed by atoms with Gasteiger partial charge in [0.2, 0.25) is 0 Å². The molecule has 2 N–H and O–H groups in total. The number of sulfone groups is 1. The molecule has 0 spiro atoms. The fourth-order valence-electron chi connectivity index (χ4n) is 2.06. The van der Waals surface area contributed by atoms with E-state index in [1.165, 1.54) is 0 Å². The molecule has 0 aromatic heterocycles. The van der Waals surface area contributed by atoms with Crippen molar-refractivity contribution >= 4 is 15.7 Å². The summed E-state index contributed by atoms with van der Waals surface area (Å²) in [6, 6.07) is 3.09. The number of benzene rings is 1. The Morgan fingerprint density at radius 3 is 2.84 bits per heavy atom. The van der Waals surface area contributed by atoms with Gasteiger partial charge in [-0.3, -0.25) is 4.79 Å². The molecule has 0 saturated carbocycles. The van der Waals surface area contributed by atoms with Crippen LogP contribution in [-0.2, 0) is 9.84 Å². The Bertz CT molecular complexity index is 600. The molecule has 1 aromatic rings. The fraction of sp³-hybridized carbons (Fsp3) is 0.417. The Morgan fingerprint density at radius 2 is 2.21 bits per heavy atom. The van der Waals surface area contributed by atoms with E-state index < -0.39 is 21.6 Å². The number of rotatable bonds is 3. The molecule has 1 amide bonds. The number of hydrogen-bond acceptors (Lipinski definition) is 4. The van der Waals surface area contributed by atoms with Crippen molar-refractivity contribution in [3.63, 3.8) is 0 Å². The average Bonchev–Trinajstić information content (AvgIpc) is 2.69. The number of aromatic hydroxyl groups is 1. The molecule has 1 unspecified atom stereocenters. The van der Waals surface area contributed by atoms with Crippen LogP contribution in [0, 0.1) is 11.7 Å².